The van der Waals surface area contributed by atoms with E-state index in [1.54, 1.807) is 12.4 Å². The fraction of sp³-hybridized carbons (Fsp3) is 0.240. The van der Waals surface area contributed by atoms with Crippen molar-refractivity contribution >= 4 is 18.0 Å². The molecular formula is C25H25N4O4+. The fourth-order valence-electron chi connectivity index (χ4n) is 4.29. The molecule has 2 aliphatic heterocycles. The van der Waals surface area contributed by atoms with Gasteiger partial charge in [0, 0.05) is 5.92 Å². The van der Waals surface area contributed by atoms with Crippen LogP contribution in [0, 0.1) is 5.92 Å². The largest absolute Gasteiger partial charge is 0.489 e. The maximum Gasteiger partial charge on any atom is 0.329 e. The topological polar surface area (TPSA) is 107 Å². The van der Waals surface area contributed by atoms with Gasteiger partial charge in [-0.3, -0.25) is 4.99 Å². The number of carboxylic acids is 1. The van der Waals surface area contributed by atoms with Crippen LogP contribution in [0.3, 0.4) is 0 Å². The number of hydrogen-bond donors (Lipinski definition) is 2. The van der Waals surface area contributed by atoms with Crippen LogP contribution < -0.4 is 10.6 Å². The number of allylic oxidation sites excluding steroid dienone is 2. The van der Waals surface area contributed by atoms with Crippen LogP contribution in [0.1, 0.15) is 24.0 Å². The van der Waals surface area contributed by atoms with Crippen molar-refractivity contribution in [3.8, 4) is 5.75 Å². The Kier molecular flexibility index (Phi) is 5.63. The number of quaternary nitrogens is 1. The number of aliphatic carboxylic acids is 1. The molecule has 1 atom stereocenters. The molecule has 0 aromatic heterocycles. The van der Waals surface area contributed by atoms with Gasteiger partial charge in [-0.25, -0.2) is 4.79 Å². The third-order valence-corrected chi connectivity index (χ3v) is 6.09. The van der Waals surface area contributed by atoms with Gasteiger partial charge in [-0.05, 0) is 36.6 Å². The molecule has 8 nitrogen and oxygen atoms in total. The monoisotopic (exact) mass is 445 g/mol. The molecule has 2 heterocycles. The maximum absolute atomic E-state index is 10.8. The number of hydrogen-bond acceptors (Lipinski definition) is 6. The highest BCUT2D eigenvalue weighted by Crippen LogP contribution is 2.43. The molecule has 2 aromatic carbocycles. The van der Waals surface area contributed by atoms with Crippen molar-refractivity contribution in [1.29, 1.82) is 0 Å². The summed E-state index contributed by atoms with van der Waals surface area (Å²) in [5.74, 6) is 7.44. The standard InChI is InChI=1S/C25H24N4O4/c26-29-10-9-27-14-22(29)24(19-12-21(13-19)33-16-23(30)31)28-25(29)18-7-4-8-20(11-18)32-15-17-5-2-1-3-6-17/h1-11,14,19,21H,12-13,15-16,26H2/p+1. The van der Waals surface area contributed by atoms with E-state index in [9.17, 15) is 4.79 Å². The van der Waals surface area contributed by atoms with Gasteiger partial charge in [0.1, 0.15) is 30.9 Å². The van der Waals surface area contributed by atoms with E-state index in [1.165, 1.54) is 0 Å². The van der Waals surface area contributed by atoms with E-state index in [1.807, 2.05) is 60.8 Å². The lowest BCUT2D eigenvalue weighted by molar-refractivity contribution is -0.750. The number of ether oxygens (including phenoxy) is 2. The second kappa shape index (κ2) is 8.74. The Morgan fingerprint density at radius 2 is 1.97 bits per heavy atom. The van der Waals surface area contributed by atoms with Crippen molar-refractivity contribution in [1.82, 2.24) is 0 Å². The van der Waals surface area contributed by atoms with Crippen LogP contribution in [-0.4, -0.2) is 40.4 Å². The molecule has 3 aliphatic rings. The second-order valence-electron chi connectivity index (χ2n) is 8.36. The Bertz CT molecular complexity index is 1180. The number of nitrogens with zero attached hydrogens (tertiary/aromatic N) is 3. The molecule has 168 valence electrons. The summed E-state index contributed by atoms with van der Waals surface area (Å²) >= 11 is 0. The Morgan fingerprint density at radius 3 is 2.76 bits per heavy atom. The van der Waals surface area contributed by atoms with Crippen LogP contribution in [0.15, 0.2) is 88.4 Å². The van der Waals surface area contributed by atoms with E-state index in [0.717, 1.165) is 28.3 Å². The number of amidine groups is 1. The zero-order valence-electron chi connectivity index (χ0n) is 18.0. The van der Waals surface area contributed by atoms with Crippen LogP contribution >= 0.6 is 0 Å². The van der Waals surface area contributed by atoms with Gasteiger partial charge in [0.25, 0.3) is 5.84 Å². The molecule has 8 heteroatoms. The van der Waals surface area contributed by atoms with E-state index in [2.05, 4.69) is 4.99 Å². The Labute approximate surface area is 191 Å². The molecule has 1 fully saturated rings. The van der Waals surface area contributed by atoms with Crippen molar-refractivity contribution in [2.75, 3.05) is 6.61 Å². The SMILES string of the molecule is N[N+]12C=CN=CC1=C(C1CC(OCC(=O)O)C1)N=C2c1cccc(OCc2ccccc2)c1. The molecular weight excluding hydrogens is 420 g/mol. The number of rotatable bonds is 8. The quantitative estimate of drug-likeness (QED) is 0.479. The number of aliphatic imine (C=N–C) groups is 2. The van der Waals surface area contributed by atoms with Crippen LogP contribution in [-0.2, 0) is 16.1 Å². The second-order valence-corrected chi connectivity index (χ2v) is 8.36. The zero-order valence-corrected chi connectivity index (χ0v) is 18.0. The third-order valence-electron chi connectivity index (χ3n) is 6.09. The van der Waals surface area contributed by atoms with Crippen molar-refractivity contribution in [2.45, 2.75) is 25.6 Å². The van der Waals surface area contributed by atoms with E-state index in [0.29, 0.717) is 25.3 Å². The highest BCUT2D eigenvalue weighted by atomic mass is 16.5. The van der Waals surface area contributed by atoms with Crippen molar-refractivity contribution < 1.29 is 24.0 Å². The molecule has 1 saturated carbocycles. The Balaban J connectivity index is 1.36. The maximum atomic E-state index is 10.8. The lowest BCUT2D eigenvalue weighted by atomic mass is 9.79. The van der Waals surface area contributed by atoms with Gasteiger partial charge in [-0.1, -0.05) is 36.4 Å². The first-order valence-corrected chi connectivity index (χ1v) is 10.9. The molecule has 0 radical (unpaired) electrons. The summed E-state index contributed by atoms with van der Waals surface area (Å²) in [6, 6.07) is 17.8. The smallest absolute Gasteiger partial charge is 0.329 e. The van der Waals surface area contributed by atoms with E-state index >= 15 is 0 Å². The summed E-state index contributed by atoms with van der Waals surface area (Å²) in [4.78, 5) is 20.0. The molecule has 0 amide bonds. The molecule has 0 spiro atoms. The van der Waals surface area contributed by atoms with E-state index < -0.39 is 5.97 Å². The number of carbonyl (C=O) groups is 1. The summed E-state index contributed by atoms with van der Waals surface area (Å²) in [6.45, 7) is 0.190. The predicted octanol–water partition coefficient (Wildman–Crippen LogP) is 3.36. The van der Waals surface area contributed by atoms with Gasteiger partial charge in [0.05, 0.1) is 24.1 Å². The van der Waals surface area contributed by atoms with Crippen molar-refractivity contribution in [3.63, 3.8) is 0 Å². The fourth-order valence-corrected chi connectivity index (χ4v) is 4.29. The first-order valence-electron chi connectivity index (χ1n) is 10.9. The summed E-state index contributed by atoms with van der Waals surface area (Å²) in [5, 5.41) is 8.82. The average molecular weight is 445 g/mol. The average Bonchev–Trinajstić information content (AvgIpc) is 3.10. The highest BCUT2D eigenvalue weighted by Gasteiger charge is 2.48. The molecule has 0 bridgehead atoms. The normalized spacial score (nSPS) is 25.4. The third kappa shape index (κ3) is 4.23. The molecule has 1 aliphatic carbocycles. The van der Waals surface area contributed by atoms with E-state index in [4.69, 9.17) is 25.4 Å². The van der Waals surface area contributed by atoms with Gasteiger partial charge in [0.2, 0.25) is 5.70 Å². The summed E-state index contributed by atoms with van der Waals surface area (Å²) in [7, 11) is 0. The minimum absolute atomic E-state index is 0.0574. The molecule has 0 saturated heterocycles. The predicted molar refractivity (Wildman–Crippen MR) is 123 cm³/mol. The van der Waals surface area contributed by atoms with Crippen molar-refractivity contribution in [3.05, 3.63) is 89.5 Å². The van der Waals surface area contributed by atoms with Gasteiger partial charge < -0.3 is 14.6 Å². The first-order chi connectivity index (χ1) is 16.0. The summed E-state index contributed by atoms with van der Waals surface area (Å²) in [5.41, 5.74) is 3.67. The molecule has 33 heavy (non-hydrogen) atoms. The lowest BCUT2D eigenvalue weighted by Gasteiger charge is -2.34. The van der Waals surface area contributed by atoms with Gasteiger partial charge in [-0.2, -0.15) is 10.8 Å². The van der Waals surface area contributed by atoms with Gasteiger partial charge in [-0.15, -0.1) is 4.59 Å². The summed E-state index contributed by atoms with van der Waals surface area (Å²) < 4.78 is 11.4. The number of fused-ring (bicyclic) bond motifs is 1. The molecule has 2 aromatic rings. The van der Waals surface area contributed by atoms with Gasteiger partial charge >= 0.3 is 5.97 Å². The summed E-state index contributed by atoms with van der Waals surface area (Å²) in [6.07, 6.45) is 6.59. The molecule has 3 N–H and O–H groups in total. The van der Waals surface area contributed by atoms with Gasteiger partial charge in [0.15, 0.2) is 0 Å². The van der Waals surface area contributed by atoms with Crippen LogP contribution in [0.4, 0.5) is 0 Å². The van der Waals surface area contributed by atoms with Crippen LogP contribution in [0.5, 0.6) is 5.75 Å². The minimum Gasteiger partial charge on any atom is -0.489 e. The van der Waals surface area contributed by atoms with E-state index in [-0.39, 0.29) is 23.2 Å². The Hall–Kier alpha value is -3.59. The number of benzene rings is 2. The number of carboxylic acid groups (broad SMARTS) is 1. The number of nitrogens with two attached hydrogens (primary N) is 1. The molecule has 5 rings (SSSR count). The van der Waals surface area contributed by atoms with Crippen LogP contribution in [0.2, 0.25) is 0 Å². The molecule has 1 unspecified atom stereocenters. The van der Waals surface area contributed by atoms with Crippen LogP contribution in [0.25, 0.3) is 0 Å². The Morgan fingerprint density at radius 1 is 1.15 bits per heavy atom. The lowest BCUT2D eigenvalue weighted by Crippen LogP contribution is -2.53. The first kappa shape index (κ1) is 21.3. The minimum atomic E-state index is -0.960. The zero-order chi connectivity index (χ0) is 22.8. The highest BCUT2D eigenvalue weighted by molar-refractivity contribution is 6.00. The van der Waals surface area contributed by atoms with Crippen molar-refractivity contribution in [2.24, 2.45) is 21.7 Å².